The Morgan fingerprint density at radius 3 is 2.60 bits per heavy atom. The Hall–Kier alpha value is -1.46. The number of alkyl halides is 1. The van der Waals surface area contributed by atoms with Gasteiger partial charge in [-0.1, -0.05) is 49.4 Å². The van der Waals surface area contributed by atoms with Crippen LogP contribution in [-0.2, 0) is 16.6 Å². The van der Waals surface area contributed by atoms with Gasteiger partial charge in [-0.3, -0.25) is 0 Å². The molecule has 0 aliphatic heterocycles. The Bertz CT molecular complexity index is 608. The van der Waals surface area contributed by atoms with Gasteiger partial charge in [0.15, 0.2) is 0 Å². The van der Waals surface area contributed by atoms with Gasteiger partial charge in [-0.15, -0.1) is 0 Å². The monoisotopic (exact) mass is 295 g/mol. The van der Waals surface area contributed by atoms with Crippen molar-refractivity contribution in [2.75, 3.05) is 6.54 Å². The highest BCUT2D eigenvalue weighted by atomic mass is 32.2. The first kappa shape index (κ1) is 14.9. The van der Waals surface area contributed by atoms with E-state index in [1.807, 2.05) is 30.3 Å². The summed E-state index contributed by atoms with van der Waals surface area (Å²) in [6.45, 7) is 2.32. The van der Waals surface area contributed by atoms with Gasteiger partial charge in [-0.05, 0) is 11.6 Å². The second kappa shape index (κ2) is 6.33. The maximum atomic E-state index is 13.9. The van der Waals surface area contributed by atoms with Gasteiger partial charge in [0, 0.05) is 19.5 Å². The van der Waals surface area contributed by atoms with Gasteiger partial charge in [0.2, 0.25) is 10.0 Å². The summed E-state index contributed by atoms with van der Waals surface area (Å²) in [5.74, 6) is 0. The molecule has 2 rings (SSSR count). The van der Waals surface area contributed by atoms with E-state index in [0.29, 0.717) is 6.54 Å². The third kappa shape index (κ3) is 3.16. The van der Waals surface area contributed by atoms with Crippen molar-refractivity contribution < 1.29 is 12.8 Å². The Kier molecular flexibility index (Phi) is 4.73. The van der Waals surface area contributed by atoms with Crippen LogP contribution in [0.3, 0.4) is 0 Å². The fraction of sp³-hybridized carbons (Fsp3) is 0.333. The molecule has 1 aromatic rings. The maximum absolute atomic E-state index is 13.9. The van der Waals surface area contributed by atoms with Crippen LogP contribution in [0.5, 0.6) is 0 Å². The minimum absolute atomic E-state index is 0.119. The topological polar surface area (TPSA) is 37.4 Å². The number of sulfonamides is 1. The lowest BCUT2D eigenvalue weighted by molar-refractivity contribution is 0.378. The zero-order valence-corrected chi connectivity index (χ0v) is 12.2. The van der Waals surface area contributed by atoms with Crippen molar-refractivity contribution in [1.82, 2.24) is 4.31 Å². The minimum Gasteiger partial charge on any atom is -0.241 e. The molecule has 0 amide bonds. The van der Waals surface area contributed by atoms with E-state index in [0.717, 1.165) is 5.56 Å². The third-order valence-corrected chi connectivity index (χ3v) is 5.30. The third-order valence-electron chi connectivity index (χ3n) is 3.24. The lowest BCUT2D eigenvalue weighted by Crippen LogP contribution is -2.34. The van der Waals surface area contributed by atoms with Gasteiger partial charge in [0.1, 0.15) is 6.17 Å². The molecule has 108 valence electrons. The van der Waals surface area contributed by atoms with E-state index in [4.69, 9.17) is 0 Å². The van der Waals surface area contributed by atoms with Crippen LogP contribution >= 0.6 is 0 Å². The van der Waals surface area contributed by atoms with Gasteiger partial charge in [-0.25, -0.2) is 12.8 Å². The molecule has 1 atom stereocenters. The molecule has 1 aliphatic carbocycles. The normalized spacial score (nSPS) is 19.1. The summed E-state index contributed by atoms with van der Waals surface area (Å²) in [5, 5.41) is 0. The van der Waals surface area contributed by atoms with E-state index in [-0.39, 0.29) is 17.9 Å². The average molecular weight is 295 g/mol. The second-order valence-corrected chi connectivity index (χ2v) is 6.56. The van der Waals surface area contributed by atoms with E-state index >= 15 is 0 Å². The molecule has 0 heterocycles. The van der Waals surface area contributed by atoms with Gasteiger partial charge >= 0.3 is 0 Å². The van der Waals surface area contributed by atoms with E-state index in [9.17, 15) is 12.8 Å². The number of allylic oxidation sites excluding steroid dienone is 4. The van der Waals surface area contributed by atoms with E-state index < -0.39 is 16.2 Å². The number of benzene rings is 1. The SMILES string of the molecule is CCN(Cc1ccccc1)S(=O)(=O)C1=CC=CCC1F. The quantitative estimate of drug-likeness (QED) is 0.837. The predicted molar refractivity (Wildman–Crippen MR) is 78.2 cm³/mol. The van der Waals surface area contributed by atoms with Crippen LogP contribution in [0, 0.1) is 0 Å². The van der Waals surface area contributed by atoms with Crippen molar-refractivity contribution in [3.63, 3.8) is 0 Å². The Labute approximate surface area is 119 Å². The van der Waals surface area contributed by atoms with Crippen molar-refractivity contribution in [1.29, 1.82) is 0 Å². The molecule has 0 saturated carbocycles. The molecule has 3 nitrogen and oxygen atoms in total. The van der Waals surface area contributed by atoms with Crippen LogP contribution in [0.25, 0.3) is 0 Å². The molecule has 20 heavy (non-hydrogen) atoms. The summed E-state index contributed by atoms with van der Waals surface area (Å²) >= 11 is 0. The van der Waals surface area contributed by atoms with Crippen LogP contribution in [0.2, 0.25) is 0 Å². The molecular formula is C15H18FNO2S. The molecule has 0 saturated heterocycles. The lowest BCUT2D eigenvalue weighted by atomic mass is 10.2. The van der Waals surface area contributed by atoms with Crippen molar-refractivity contribution in [3.8, 4) is 0 Å². The summed E-state index contributed by atoms with van der Waals surface area (Å²) in [7, 11) is -3.75. The first-order valence-corrected chi connectivity index (χ1v) is 8.04. The minimum atomic E-state index is -3.75. The zero-order chi connectivity index (χ0) is 14.6. The van der Waals surface area contributed by atoms with E-state index in [2.05, 4.69) is 0 Å². The molecule has 1 aliphatic rings. The van der Waals surface area contributed by atoms with Gasteiger partial charge in [0.25, 0.3) is 0 Å². The highest BCUT2D eigenvalue weighted by molar-refractivity contribution is 7.93. The summed E-state index contributed by atoms with van der Waals surface area (Å²) in [4.78, 5) is -0.141. The smallest absolute Gasteiger partial charge is 0.241 e. The standard InChI is InChI=1S/C15H18FNO2S/c1-2-17(12-13-8-4-3-5-9-13)20(18,19)15-11-7-6-10-14(15)16/h3-9,11,14H,2,10,12H2,1H3. The molecule has 0 aromatic heterocycles. The summed E-state index contributed by atoms with van der Waals surface area (Å²) in [5.41, 5.74) is 0.889. The predicted octanol–water partition coefficient (Wildman–Crippen LogP) is 3.02. The van der Waals surface area contributed by atoms with Crippen molar-refractivity contribution >= 4 is 10.0 Å². The number of hydrogen-bond donors (Lipinski definition) is 0. The Morgan fingerprint density at radius 1 is 1.30 bits per heavy atom. The van der Waals surface area contributed by atoms with Crippen molar-refractivity contribution in [2.24, 2.45) is 0 Å². The molecule has 0 fully saturated rings. The summed E-state index contributed by atoms with van der Waals surface area (Å²) < 4.78 is 40.2. The molecule has 5 heteroatoms. The number of halogens is 1. The van der Waals surface area contributed by atoms with Crippen molar-refractivity contribution in [3.05, 3.63) is 59.0 Å². The highest BCUT2D eigenvalue weighted by Gasteiger charge is 2.31. The average Bonchev–Trinajstić information content (AvgIpc) is 2.46. The van der Waals surface area contributed by atoms with Crippen LogP contribution in [0.4, 0.5) is 4.39 Å². The number of rotatable bonds is 5. The fourth-order valence-electron chi connectivity index (χ4n) is 2.13. The molecular weight excluding hydrogens is 277 g/mol. The van der Waals surface area contributed by atoms with E-state index in [1.165, 1.54) is 10.4 Å². The molecule has 1 unspecified atom stereocenters. The number of nitrogens with zero attached hydrogens (tertiary/aromatic N) is 1. The van der Waals surface area contributed by atoms with Gasteiger partial charge in [-0.2, -0.15) is 4.31 Å². The molecule has 0 spiro atoms. The lowest BCUT2D eigenvalue weighted by Gasteiger charge is -2.24. The van der Waals surface area contributed by atoms with Crippen LogP contribution in [0.1, 0.15) is 18.9 Å². The fourth-order valence-corrected chi connectivity index (χ4v) is 3.76. The van der Waals surface area contributed by atoms with Gasteiger partial charge < -0.3 is 0 Å². The Morgan fingerprint density at radius 2 is 2.00 bits per heavy atom. The van der Waals surface area contributed by atoms with E-state index in [1.54, 1.807) is 19.1 Å². The molecule has 1 aromatic carbocycles. The molecule has 0 N–H and O–H groups in total. The second-order valence-electron chi connectivity index (χ2n) is 4.62. The maximum Gasteiger partial charge on any atom is 0.242 e. The molecule has 0 bridgehead atoms. The van der Waals surface area contributed by atoms with Crippen molar-refractivity contribution in [2.45, 2.75) is 26.1 Å². The largest absolute Gasteiger partial charge is 0.242 e. The van der Waals surface area contributed by atoms with Gasteiger partial charge in [0.05, 0.1) is 4.91 Å². The zero-order valence-electron chi connectivity index (χ0n) is 11.4. The number of hydrogen-bond acceptors (Lipinski definition) is 2. The van der Waals surface area contributed by atoms with Crippen LogP contribution in [-0.4, -0.2) is 25.4 Å². The summed E-state index contributed by atoms with van der Waals surface area (Å²) in [6.07, 6.45) is 3.26. The first-order chi connectivity index (χ1) is 9.55. The summed E-state index contributed by atoms with van der Waals surface area (Å²) in [6, 6.07) is 9.31. The first-order valence-electron chi connectivity index (χ1n) is 6.60. The highest BCUT2D eigenvalue weighted by Crippen LogP contribution is 2.26. The Balaban J connectivity index is 2.26. The van der Waals surface area contributed by atoms with Crippen LogP contribution < -0.4 is 0 Å². The molecule has 0 radical (unpaired) electrons. The van der Waals surface area contributed by atoms with Crippen LogP contribution in [0.15, 0.2) is 53.5 Å².